The first-order valence-corrected chi connectivity index (χ1v) is 2.25. The quantitative estimate of drug-likeness (QED) is 0.429. The molecule has 1 heterocycles. The van der Waals surface area contributed by atoms with Crippen LogP contribution in [0.1, 0.15) is 0 Å². The summed E-state index contributed by atoms with van der Waals surface area (Å²) in [5.74, 6) is 0.549. The Bertz CT molecular complexity index is 158. The third-order valence-electron chi connectivity index (χ3n) is 0.757. The Kier molecular flexibility index (Phi) is 1.42. The number of nitrogens with zero attached hydrogens (tertiary/aromatic N) is 2. The number of methoxy groups -OCH3 is 1. The summed E-state index contributed by atoms with van der Waals surface area (Å²) in [6, 6.07) is 0. The van der Waals surface area contributed by atoms with E-state index < -0.39 is 0 Å². The van der Waals surface area contributed by atoms with E-state index >= 15 is 0 Å². The van der Waals surface area contributed by atoms with Crippen molar-refractivity contribution in [2.24, 2.45) is 5.10 Å². The maximum atomic E-state index is 4.74. The van der Waals surface area contributed by atoms with Crippen LogP contribution < -0.4 is 5.10 Å². The number of rotatable bonds is 0. The zero-order valence-electron chi connectivity index (χ0n) is 4.53. The van der Waals surface area contributed by atoms with E-state index in [9.17, 15) is 0 Å². The molecule has 0 saturated carbocycles. The molecule has 0 unspecified atom stereocenters. The number of allylic oxidation sites excluding steroid dienone is 1. The highest BCUT2D eigenvalue weighted by Gasteiger charge is 2.00. The average Bonchev–Trinajstić information content (AvgIpc) is 1.90. The van der Waals surface area contributed by atoms with Crippen molar-refractivity contribution in [3.8, 4) is 0 Å². The van der Waals surface area contributed by atoms with Crippen LogP contribution in [0.15, 0.2) is 17.3 Å². The molecule has 1 aliphatic heterocycles. The van der Waals surface area contributed by atoms with Crippen LogP contribution in [0.5, 0.6) is 0 Å². The molecule has 0 amide bonds. The van der Waals surface area contributed by atoms with Crippen LogP contribution in [0, 0.1) is 0 Å². The molecule has 0 aromatic rings. The van der Waals surface area contributed by atoms with Gasteiger partial charge in [-0.15, -0.1) is 0 Å². The van der Waals surface area contributed by atoms with Gasteiger partial charge in [0.05, 0.1) is 7.11 Å². The largest absolute Gasteiger partial charge is 0.477 e. The summed E-state index contributed by atoms with van der Waals surface area (Å²) in [4.78, 5) is 0. The van der Waals surface area contributed by atoms with Gasteiger partial charge in [-0.3, -0.25) is 0 Å². The number of ether oxygens (including phenoxy) is 1. The van der Waals surface area contributed by atoms with E-state index in [1.807, 2.05) is 0 Å². The standard InChI is InChI=1S/C5H6N2O/c1-8-5-3-2-4-6-7-5/h2-4H,1H3/q+1. The first-order valence-electron chi connectivity index (χ1n) is 2.25. The molecule has 0 atom stereocenters. The average molecular weight is 110 g/mol. The highest BCUT2D eigenvalue weighted by Crippen LogP contribution is 1.82. The molecule has 0 aliphatic carbocycles. The van der Waals surface area contributed by atoms with Crippen molar-refractivity contribution in [1.82, 2.24) is 5.10 Å². The van der Waals surface area contributed by atoms with Crippen molar-refractivity contribution in [3.63, 3.8) is 0 Å². The number of hydrogen-bond acceptors (Lipinski definition) is 3. The topological polar surface area (TPSA) is 35.7 Å². The van der Waals surface area contributed by atoms with Gasteiger partial charge in [-0.05, 0) is 0 Å². The predicted molar refractivity (Wildman–Crippen MR) is 31.8 cm³/mol. The van der Waals surface area contributed by atoms with Gasteiger partial charge in [-0.1, -0.05) is 0 Å². The molecule has 1 radical (unpaired) electrons. The second-order valence-electron chi connectivity index (χ2n) is 1.27. The van der Waals surface area contributed by atoms with Gasteiger partial charge >= 0.3 is 0 Å². The fourth-order valence-electron chi connectivity index (χ4n) is 0.396. The normalized spacial score (nSPS) is 15.9. The van der Waals surface area contributed by atoms with E-state index in [4.69, 9.17) is 4.74 Å². The summed E-state index contributed by atoms with van der Waals surface area (Å²) >= 11 is 0. The summed E-state index contributed by atoms with van der Waals surface area (Å²) < 4.78 is 4.74. The predicted octanol–water partition coefficient (Wildman–Crippen LogP) is -0.0773. The summed E-state index contributed by atoms with van der Waals surface area (Å²) in [5.41, 5.74) is 0. The van der Waals surface area contributed by atoms with Crippen molar-refractivity contribution in [1.29, 1.82) is 0 Å². The van der Waals surface area contributed by atoms with Crippen molar-refractivity contribution < 1.29 is 4.74 Å². The first-order chi connectivity index (χ1) is 3.93. The lowest BCUT2D eigenvalue weighted by atomic mass is 10.5. The van der Waals surface area contributed by atoms with Gasteiger partial charge < -0.3 is 4.74 Å². The van der Waals surface area contributed by atoms with Gasteiger partial charge in [0.15, 0.2) is 0 Å². The van der Waals surface area contributed by atoms with Crippen LogP contribution in [0.2, 0.25) is 0 Å². The van der Waals surface area contributed by atoms with Crippen molar-refractivity contribution in [3.05, 3.63) is 12.2 Å². The fraction of sp³-hybridized carbons (Fsp3) is 0.200. The van der Waals surface area contributed by atoms with Crippen LogP contribution >= 0.6 is 0 Å². The van der Waals surface area contributed by atoms with E-state index in [-0.39, 0.29) is 0 Å². The van der Waals surface area contributed by atoms with E-state index in [1.165, 1.54) is 0 Å². The van der Waals surface area contributed by atoms with Crippen LogP contribution in [0.25, 0.3) is 0 Å². The Balaban J connectivity index is 2.68. The maximum Gasteiger partial charge on any atom is 0.286 e. The third-order valence-corrected chi connectivity index (χ3v) is 0.757. The molecule has 0 N–H and O–H groups in total. The molecule has 1 aliphatic rings. The minimum absolute atomic E-state index is 0.549. The molecule has 0 spiro atoms. The van der Waals surface area contributed by atoms with E-state index in [2.05, 4.69) is 10.2 Å². The van der Waals surface area contributed by atoms with Crippen molar-refractivity contribution >= 4 is 12.1 Å². The second-order valence-corrected chi connectivity index (χ2v) is 1.27. The second kappa shape index (κ2) is 2.26. The third kappa shape index (κ3) is 0.932. The van der Waals surface area contributed by atoms with Crippen LogP contribution in [-0.4, -0.2) is 19.2 Å². The molecule has 0 aromatic carbocycles. The highest BCUT2D eigenvalue weighted by molar-refractivity contribution is 5.93. The molecule has 3 nitrogen and oxygen atoms in total. The zero-order valence-corrected chi connectivity index (χ0v) is 4.53. The summed E-state index contributed by atoms with van der Waals surface area (Å²) in [7, 11) is 1.56. The maximum absolute atomic E-state index is 4.74. The Morgan fingerprint density at radius 3 is 3.00 bits per heavy atom. The lowest BCUT2D eigenvalue weighted by molar-refractivity contribution is 0.403. The van der Waals surface area contributed by atoms with Crippen LogP contribution in [-0.2, 0) is 4.74 Å². The lowest BCUT2D eigenvalue weighted by Gasteiger charge is -1.88. The van der Waals surface area contributed by atoms with Gasteiger partial charge in [0.25, 0.3) is 12.1 Å². The minimum Gasteiger partial charge on any atom is -0.477 e. The van der Waals surface area contributed by atoms with Gasteiger partial charge in [0.2, 0.25) is 5.10 Å². The minimum atomic E-state index is 0.549. The molecular formula is C5H6N2O+. The van der Waals surface area contributed by atoms with E-state index in [1.54, 1.807) is 25.5 Å². The Morgan fingerprint density at radius 1 is 1.75 bits per heavy atom. The summed E-state index contributed by atoms with van der Waals surface area (Å²) in [6.07, 6.45) is 5.11. The van der Waals surface area contributed by atoms with Gasteiger partial charge in [0, 0.05) is 12.2 Å². The molecule has 3 heteroatoms. The van der Waals surface area contributed by atoms with Gasteiger partial charge in [-0.2, -0.15) is 0 Å². The molecule has 8 heavy (non-hydrogen) atoms. The van der Waals surface area contributed by atoms with E-state index in [0.29, 0.717) is 5.90 Å². The Morgan fingerprint density at radius 2 is 2.62 bits per heavy atom. The van der Waals surface area contributed by atoms with Gasteiger partial charge in [-0.25, -0.2) is 0 Å². The van der Waals surface area contributed by atoms with Crippen molar-refractivity contribution in [2.45, 2.75) is 0 Å². The monoisotopic (exact) mass is 110 g/mol. The van der Waals surface area contributed by atoms with Crippen molar-refractivity contribution in [2.75, 3.05) is 7.11 Å². The Hall–Kier alpha value is -1.12. The van der Waals surface area contributed by atoms with Crippen LogP contribution in [0.4, 0.5) is 0 Å². The van der Waals surface area contributed by atoms with Crippen LogP contribution in [0.3, 0.4) is 0 Å². The molecule has 0 bridgehead atoms. The highest BCUT2D eigenvalue weighted by atomic mass is 16.5. The number of hydrogen-bond donors (Lipinski definition) is 0. The smallest absolute Gasteiger partial charge is 0.286 e. The summed E-state index contributed by atoms with van der Waals surface area (Å²) in [5, 5.41) is 7.21. The first kappa shape index (κ1) is 5.03. The zero-order chi connectivity index (χ0) is 5.82. The molecule has 41 valence electrons. The molecule has 1 rings (SSSR count). The SMILES string of the molecule is COC1=N[N+]=CC=C1. The molecule has 0 fully saturated rings. The summed E-state index contributed by atoms with van der Waals surface area (Å²) in [6.45, 7) is 0. The molecule has 0 aromatic heterocycles. The Labute approximate surface area is 47.4 Å². The molecular weight excluding hydrogens is 104 g/mol. The molecule has 0 saturated heterocycles. The lowest BCUT2D eigenvalue weighted by Crippen LogP contribution is -2.02. The van der Waals surface area contributed by atoms with Gasteiger partial charge in [0.1, 0.15) is 5.10 Å². The van der Waals surface area contributed by atoms with E-state index in [0.717, 1.165) is 0 Å². The fourth-order valence-corrected chi connectivity index (χ4v) is 0.396.